The van der Waals surface area contributed by atoms with E-state index in [9.17, 15) is 4.79 Å². The zero-order valence-corrected chi connectivity index (χ0v) is 8.73. The second-order valence-corrected chi connectivity index (χ2v) is 3.51. The predicted octanol–water partition coefficient (Wildman–Crippen LogP) is -0.224. The Balaban J connectivity index is 2.68. The third-order valence-electron chi connectivity index (χ3n) is 2.13. The van der Waals surface area contributed by atoms with E-state index >= 15 is 0 Å². The highest BCUT2D eigenvalue weighted by atomic mass is 16.1. The van der Waals surface area contributed by atoms with E-state index in [-0.39, 0.29) is 5.56 Å². The lowest BCUT2D eigenvalue weighted by atomic mass is 10.2. The van der Waals surface area contributed by atoms with Crippen molar-refractivity contribution < 1.29 is 0 Å². The lowest BCUT2D eigenvalue weighted by Crippen LogP contribution is -2.26. The van der Waals surface area contributed by atoms with E-state index in [0.717, 1.165) is 18.7 Å². The van der Waals surface area contributed by atoms with Crippen molar-refractivity contribution in [1.29, 1.82) is 0 Å². The highest BCUT2D eigenvalue weighted by Crippen LogP contribution is 1.98. The third kappa shape index (κ3) is 2.97. The first kappa shape index (κ1) is 10.9. The number of nitrogens with two attached hydrogens (primary N) is 1. The smallest absolute Gasteiger partial charge is 0.250 e. The third-order valence-corrected chi connectivity index (χ3v) is 2.13. The average molecular weight is 195 g/mol. The number of likely N-dealkylation sites (N-methyl/N-ethyl adjacent to an activating group) is 1. The molecule has 0 amide bonds. The fraction of sp³-hybridized carbons (Fsp3) is 0.500. The van der Waals surface area contributed by atoms with Gasteiger partial charge in [0.1, 0.15) is 0 Å². The maximum Gasteiger partial charge on any atom is 0.250 e. The van der Waals surface area contributed by atoms with Crippen LogP contribution in [0.3, 0.4) is 0 Å². The molecule has 0 saturated carbocycles. The van der Waals surface area contributed by atoms with Gasteiger partial charge in [0.05, 0.1) is 0 Å². The van der Waals surface area contributed by atoms with E-state index in [1.165, 1.54) is 0 Å². The number of aromatic nitrogens is 1. The van der Waals surface area contributed by atoms with E-state index in [2.05, 4.69) is 4.90 Å². The summed E-state index contributed by atoms with van der Waals surface area (Å²) in [5.74, 6) is 0. The van der Waals surface area contributed by atoms with Crippen LogP contribution in [-0.4, -0.2) is 29.6 Å². The molecular weight excluding hydrogens is 178 g/mol. The van der Waals surface area contributed by atoms with Crippen LogP contribution in [0.2, 0.25) is 0 Å². The Morgan fingerprint density at radius 2 is 2.29 bits per heavy atom. The molecule has 4 nitrogen and oxygen atoms in total. The molecule has 0 saturated heterocycles. The molecule has 0 atom stereocenters. The van der Waals surface area contributed by atoms with Gasteiger partial charge in [-0.25, -0.2) is 0 Å². The molecule has 0 aromatic carbocycles. The number of aryl methyl sites for hydroxylation is 1. The molecule has 2 N–H and O–H groups in total. The summed E-state index contributed by atoms with van der Waals surface area (Å²) >= 11 is 0. The molecule has 78 valence electrons. The zero-order chi connectivity index (χ0) is 10.6. The van der Waals surface area contributed by atoms with Gasteiger partial charge in [-0.15, -0.1) is 0 Å². The van der Waals surface area contributed by atoms with E-state index in [1.807, 2.05) is 13.1 Å². The molecule has 0 bridgehead atoms. The fourth-order valence-corrected chi connectivity index (χ4v) is 1.30. The van der Waals surface area contributed by atoms with Crippen LogP contribution in [-0.2, 0) is 13.6 Å². The number of rotatable bonds is 4. The first-order chi connectivity index (χ1) is 6.63. The van der Waals surface area contributed by atoms with Crippen LogP contribution in [0.25, 0.3) is 0 Å². The molecule has 0 fully saturated rings. The minimum atomic E-state index is 0.0312. The minimum Gasteiger partial charge on any atom is -0.329 e. The molecule has 14 heavy (non-hydrogen) atoms. The van der Waals surface area contributed by atoms with Crippen molar-refractivity contribution in [2.24, 2.45) is 12.8 Å². The van der Waals surface area contributed by atoms with Gasteiger partial charge in [0, 0.05) is 38.9 Å². The van der Waals surface area contributed by atoms with Crippen LogP contribution in [0, 0.1) is 0 Å². The van der Waals surface area contributed by atoms with Crippen LogP contribution in [0.15, 0.2) is 23.1 Å². The van der Waals surface area contributed by atoms with Crippen molar-refractivity contribution in [3.05, 3.63) is 34.2 Å². The average Bonchev–Trinajstić information content (AvgIpc) is 2.12. The number of nitrogens with zero attached hydrogens (tertiary/aromatic N) is 2. The SMILES string of the molecule is CN(CCN)Cc1ccn(C)c(=O)c1. The Morgan fingerprint density at radius 3 is 2.86 bits per heavy atom. The Bertz CT molecular complexity index is 345. The van der Waals surface area contributed by atoms with Crippen molar-refractivity contribution in [1.82, 2.24) is 9.47 Å². The first-order valence-corrected chi connectivity index (χ1v) is 4.67. The minimum absolute atomic E-state index is 0.0312. The summed E-state index contributed by atoms with van der Waals surface area (Å²) in [6.07, 6.45) is 1.79. The van der Waals surface area contributed by atoms with Gasteiger partial charge in [-0.2, -0.15) is 0 Å². The normalized spacial score (nSPS) is 10.9. The fourth-order valence-electron chi connectivity index (χ4n) is 1.30. The van der Waals surface area contributed by atoms with E-state index in [0.29, 0.717) is 6.54 Å². The van der Waals surface area contributed by atoms with Crippen LogP contribution >= 0.6 is 0 Å². The Labute approximate surface area is 83.9 Å². The summed E-state index contributed by atoms with van der Waals surface area (Å²) in [5, 5.41) is 0. The van der Waals surface area contributed by atoms with Gasteiger partial charge >= 0.3 is 0 Å². The summed E-state index contributed by atoms with van der Waals surface area (Å²) in [5.41, 5.74) is 6.49. The molecular formula is C10H17N3O. The Hall–Kier alpha value is -1.13. The molecule has 1 rings (SSSR count). The molecule has 0 spiro atoms. The summed E-state index contributed by atoms with van der Waals surface area (Å²) < 4.78 is 1.56. The largest absolute Gasteiger partial charge is 0.329 e. The van der Waals surface area contributed by atoms with Crippen molar-refractivity contribution in [3.63, 3.8) is 0 Å². The summed E-state index contributed by atoms with van der Waals surface area (Å²) in [6.45, 7) is 2.25. The van der Waals surface area contributed by atoms with Gasteiger partial charge in [0.15, 0.2) is 0 Å². The molecule has 0 unspecified atom stereocenters. The maximum atomic E-state index is 11.3. The molecule has 1 aromatic rings. The van der Waals surface area contributed by atoms with Crippen LogP contribution in [0.5, 0.6) is 0 Å². The molecule has 4 heteroatoms. The van der Waals surface area contributed by atoms with Crippen molar-refractivity contribution >= 4 is 0 Å². The van der Waals surface area contributed by atoms with Crippen LogP contribution < -0.4 is 11.3 Å². The second-order valence-electron chi connectivity index (χ2n) is 3.51. The van der Waals surface area contributed by atoms with E-state index < -0.39 is 0 Å². The van der Waals surface area contributed by atoms with Crippen molar-refractivity contribution in [3.8, 4) is 0 Å². The highest BCUT2D eigenvalue weighted by Gasteiger charge is 2.00. The molecule has 0 radical (unpaired) electrons. The topological polar surface area (TPSA) is 51.3 Å². The standard InChI is InChI=1S/C10H17N3O/c1-12(6-4-11)8-9-3-5-13(2)10(14)7-9/h3,5,7H,4,6,8,11H2,1-2H3. The second kappa shape index (κ2) is 4.93. The van der Waals surface area contributed by atoms with E-state index in [1.54, 1.807) is 23.9 Å². The van der Waals surface area contributed by atoms with Crippen molar-refractivity contribution in [2.75, 3.05) is 20.1 Å². The Morgan fingerprint density at radius 1 is 1.57 bits per heavy atom. The Kier molecular flexibility index (Phi) is 3.85. The molecule has 1 heterocycles. The molecule has 0 aliphatic rings. The first-order valence-electron chi connectivity index (χ1n) is 4.67. The molecule has 0 aliphatic carbocycles. The molecule has 1 aromatic heterocycles. The summed E-state index contributed by atoms with van der Waals surface area (Å²) in [6, 6.07) is 3.61. The highest BCUT2D eigenvalue weighted by molar-refractivity contribution is 5.10. The van der Waals surface area contributed by atoms with E-state index in [4.69, 9.17) is 5.73 Å². The lowest BCUT2D eigenvalue weighted by Gasteiger charge is -2.15. The quantitative estimate of drug-likeness (QED) is 0.722. The number of hydrogen-bond donors (Lipinski definition) is 1. The maximum absolute atomic E-state index is 11.3. The van der Waals surface area contributed by atoms with Gasteiger partial charge in [0.25, 0.3) is 5.56 Å². The van der Waals surface area contributed by atoms with Crippen molar-refractivity contribution in [2.45, 2.75) is 6.54 Å². The van der Waals surface area contributed by atoms with Crippen LogP contribution in [0.4, 0.5) is 0 Å². The summed E-state index contributed by atoms with van der Waals surface area (Å²) in [4.78, 5) is 13.4. The van der Waals surface area contributed by atoms with Gasteiger partial charge in [-0.3, -0.25) is 4.79 Å². The van der Waals surface area contributed by atoms with Crippen LogP contribution in [0.1, 0.15) is 5.56 Å². The molecule has 0 aliphatic heterocycles. The summed E-state index contributed by atoms with van der Waals surface area (Å²) in [7, 11) is 3.74. The van der Waals surface area contributed by atoms with Gasteiger partial charge in [-0.05, 0) is 18.7 Å². The van der Waals surface area contributed by atoms with Gasteiger partial charge < -0.3 is 15.2 Å². The predicted molar refractivity (Wildman–Crippen MR) is 57.1 cm³/mol. The number of pyridine rings is 1. The van der Waals surface area contributed by atoms with Gasteiger partial charge in [0.2, 0.25) is 0 Å². The monoisotopic (exact) mass is 195 g/mol. The lowest BCUT2D eigenvalue weighted by molar-refractivity contribution is 0.336. The van der Waals surface area contributed by atoms with Gasteiger partial charge in [-0.1, -0.05) is 0 Å². The number of hydrogen-bond acceptors (Lipinski definition) is 3. The zero-order valence-electron chi connectivity index (χ0n) is 8.73.